The lowest BCUT2D eigenvalue weighted by atomic mass is 10.1. The van der Waals surface area contributed by atoms with Gasteiger partial charge in [-0.05, 0) is 31.0 Å². The molecule has 0 aliphatic heterocycles. The fourth-order valence-electron chi connectivity index (χ4n) is 1.85. The Hall–Kier alpha value is -1.84. The van der Waals surface area contributed by atoms with E-state index < -0.39 is 5.82 Å². The van der Waals surface area contributed by atoms with Crippen LogP contribution in [0.1, 0.15) is 25.8 Å². The van der Waals surface area contributed by atoms with Gasteiger partial charge in [-0.2, -0.15) is 0 Å². The molecule has 0 aromatic heterocycles. The van der Waals surface area contributed by atoms with Gasteiger partial charge in [-0.15, -0.1) is 0 Å². The highest BCUT2D eigenvalue weighted by Gasteiger charge is 2.12. The molecule has 1 amide bonds. The first-order valence-electron chi connectivity index (χ1n) is 6.24. The smallest absolute Gasteiger partial charge is 0.249 e. The van der Waals surface area contributed by atoms with E-state index in [9.17, 15) is 9.18 Å². The number of benzene rings is 1. The molecule has 0 radical (unpaired) electrons. The summed E-state index contributed by atoms with van der Waals surface area (Å²) in [6.07, 6.45) is 2.70. The van der Waals surface area contributed by atoms with Gasteiger partial charge in [0, 0.05) is 19.2 Å². The van der Waals surface area contributed by atoms with Gasteiger partial charge in [0.25, 0.3) is 0 Å². The predicted octanol–water partition coefficient (Wildman–Crippen LogP) is 3.15. The fourth-order valence-corrected chi connectivity index (χ4v) is 1.85. The molecule has 1 aromatic carbocycles. The zero-order chi connectivity index (χ0) is 14.4. The van der Waals surface area contributed by atoms with Crippen molar-refractivity contribution in [3.05, 3.63) is 41.2 Å². The lowest BCUT2D eigenvalue weighted by Gasteiger charge is -2.18. The molecule has 0 saturated carbocycles. The monoisotopic (exact) mass is 265 g/mol. The van der Waals surface area contributed by atoms with E-state index in [1.807, 2.05) is 13.0 Å². The highest BCUT2D eigenvalue weighted by molar-refractivity contribution is 5.92. The molecule has 0 saturated heterocycles. The lowest BCUT2D eigenvalue weighted by molar-refractivity contribution is -0.126. The number of hydrogen-bond acceptors (Lipinski definition) is 2. The predicted molar refractivity (Wildman–Crippen MR) is 73.5 cm³/mol. The van der Waals surface area contributed by atoms with Gasteiger partial charge < -0.3 is 9.64 Å². The maximum absolute atomic E-state index is 13.5. The molecule has 0 aliphatic carbocycles. The summed E-state index contributed by atoms with van der Waals surface area (Å²) in [4.78, 5) is 13.6. The molecular formula is C15H20FNO2. The number of halogens is 1. The third-order valence-corrected chi connectivity index (χ3v) is 2.83. The van der Waals surface area contributed by atoms with Crippen LogP contribution >= 0.6 is 0 Å². The number of allylic oxidation sites excluding steroid dienone is 1. The van der Waals surface area contributed by atoms with E-state index in [1.165, 1.54) is 13.2 Å². The van der Waals surface area contributed by atoms with Crippen LogP contribution < -0.4 is 4.74 Å². The standard InChI is InChI=1S/C15H20FNO2/c1-5-6-11(2)15(18)17(3)10-12-7-8-14(19-4)13(16)9-12/h6-9H,5,10H2,1-4H3. The normalized spacial score (nSPS) is 11.3. The van der Waals surface area contributed by atoms with Crippen LogP contribution in [-0.4, -0.2) is 25.0 Å². The summed E-state index contributed by atoms with van der Waals surface area (Å²) in [5, 5.41) is 0. The molecule has 3 nitrogen and oxygen atoms in total. The number of likely N-dealkylation sites (N-methyl/N-ethyl adjacent to an activating group) is 1. The molecule has 0 N–H and O–H groups in total. The molecule has 0 fully saturated rings. The molecule has 1 rings (SSSR count). The van der Waals surface area contributed by atoms with E-state index in [0.717, 1.165) is 12.0 Å². The van der Waals surface area contributed by atoms with E-state index >= 15 is 0 Å². The van der Waals surface area contributed by atoms with Crippen molar-refractivity contribution in [1.82, 2.24) is 4.90 Å². The van der Waals surface area contributed by atoms with Crippen LogP contribution in [0.3, 0.4) is 0 Å². The van der Waals surface area contributed by atoms with Crippen LogP contribution in [0.4, 0.5) is 4.39 Å². The first-order valence-corrected chi connectivity index (χ1v) is 6.24. The van der Waals surface area contributed by atoms with Crippen molar-refractivity contribution in [2.75, 3.05) is 14.2 Å². The molecule has 19 heavy (non-hydrogen) atoms. The maximum atomic E-state index is 13.5. The molecule has 0 unspecified atom stereocenters. The summed E-state index contributed by atoms with van der Waals surface area (Å²) in [7, 11) is 3.13. The van der Waals surface area contributed by atoms with Crippen molar-refractivity contribution in [1.29, 1.82) is 0 Å². The fraction of sp³-hybridized carbons (Fsp3) is 0.400. The van der Waals surface area contributed by atoms with Crippen LogP contribution in [0.25, 0.3) is 0 Å². The Balaban J connectivity index is 2.77. The number of methoxy groups -OCH3 is 1. The van der Waals surface area contributed by atoms with Crippen molar-refractivity contribution < 1.29 is 13.9 Å². The summed E-state index contributed by atoms with van der Waals surface area (Å²) < 4.78 is 18.4. The SMILES string of the molecule is CCC=C(C)C(=O)N(C)Cc1ccc(OC)c(F)c1. The Morgan fingerprint density at radius 2 is 2.16 bits per heavy atom. The molecule has 0 bridgehead atoms. The van der Waals surface area contributed by atoms with E-state index in [-0.39, 0.29) is 11.7 Å². The van der Waals surface area contributed by atoms with Crippen molar-refractivity contribution in [3.8, 4) is 5.75 Å². The van der Waals surface area contributed by atoms with Crippen LogP contribution in [0.5, 0.6) is 5.75 Å². The van der Waals surface area contributed by atoms with Crippen LogP contribution in [-0.2, 0) is 11.3 Å². The molecular weight excluding hydrogens is 245 g/mol. The van der Waals surface area contributed by atoms with Gasteiger partial charge in [-0.3, -0.25) is 4.79 Å². The highest BCUT2D eigenvalue weighted by Crippen LogP contribution is 2.18. The third kappa shape index (κ3) is 4.09. The minimum absolute atomic E-state index is 0.0434. The molecule has 1 aromatic rings. The summed E-state index contributed by atoms with van der Waals surface area (Å²) in [6, 6.07) is 4.71. The molecule has 0 atom stereocenters. The Kier molecular flexibility index (Phi) is 5.55. The molecule has 0 heterocycles. The van der Waals surface area contributed by atoms with E-state index in [1.54, 1.807) is 31.0 Å². The quantitative estimate of drug-likeness (QED) is 0.765. The van der Waals surface area contributed by atoms with Gasteiger partial charge >= 0.3 is 0 Å². The lowest BCUT2D eigenvalue weighted by Crippen LogP contribution is -2.26. The average Bonchev–Trinajstić information content (AvgIpc) is 2.38. The summed E-state index contributed by atoms with van der Waals surface area (Å²) >= 11 is 0. The van der Waals surface area contributed by atoms with Gasteiger partial charge in [0.15, 0.2) is 11.6 Å². The second-order valence-corrected chi connectivity index (χ2v) is 4.43. The van der Waals surface area contributed by atoms with Gasteiger partial charge in [0.05, 0.1) is 7.11 Å². The van der Waals surface area contributed by atoms with E-state index in [0.29, 0.717) is 12.1 Å². The van der Waals surface area contributed by atoms with Crippen LogP contribution in [0, 0.1) is 5.82 Å². The molecule has 4 heteroatoms. The van der Waals surface area contributed by atoms with Crippen molar-refractivity contribution >= 4 is 5.91 Å². The van der Waals surface area contributed by atoms with Gasteiger partial charge in [-0.1, -0.05) is 19.1 Å². The number of carbonyl (C=O) groups is 1. The Morgan fingerprint density at radius 3 is 2.68 bits per heavy atom. The summed E-state index contributed by atoms with van der Waals surface area (Å²) in [5.41, 5.74) is 1.44. The Labute approximate surface area is 113 Å². The van der Waals surface area contributed by atoms with Crippen LogP contribution in [0.2, 0.25) is 0 Å². The number of carbonyl (C=O) groups excluding carboxylic acids is 1. The molecule has 0 spiro atoms. The largest absolute Gasteiger partial charge is 0.494 e. The minimum atomic E-state index is -0.415. The summed E-state index contributed by atoms with van der Waals surface area (Å²) in [6.45, 7) is 4.14. The minimum Gasteiger partial charge on any atom is -0.494 e. The number of nitrogens with zero attached hydrogens (tertiary/aromatic N) is 1. The van der Waals surface area contributed by atoms with E-state index in [4.69, 9.17) is 4.74 Å². The van der Waals surface area contributed by atoms with Crippen molar-refractivity contribution in [2.24, 2.45) is 0 Å². The average molecular weight is 265 g/mol. The first-order chi connectivity index (χ1) is 8.99. The topological polar surface area (TPSA) is 29.5 Å². The van der Waals surface area contributed by atoms with Gasteiger partial charge in [0.2, 0.25) is 5.91 Å². The first kappa shape index (κ1) is 15.2. The zero-order valence-electron chi connectivity index (χ0n) is 11.9. The third-order valence-electron chi connectivity index (χ3n) is 2.83. The maximum Gasteiger partial charge on any atom is 0.249 e. The second-order valence-electron chi connectivity index (χ2n) is 4.43. The van der Waals surface area contributed by atoms with Gasteiger partial charge in [0.1, 0.15) is 0 Å². The zero-order valence-corrected chi connectivity index (χ0v) is 11.9. The van der Waals surface area contributed by atoms with Crippen molar-refractivity contribution in [2.45, 2.75) is 26.8 Å². The number of rotatable bonds is 5. The summed E-state index contributed by atoms with van der Waals surface area (Å²) in [5.74, 6) is -0.250. The Morgan fingerprint density at radius 1 is 1.47 bits per heavy atom. The van der Waals surface area contributed by atoms with Crippen LogP contribution in [0.15, 0.2) is 29.8 Å². The molecule has 104 valence electrons. The second kappa shape index (κ2) is 6.92. The Bertz CT molecular complexity index is 483. The van der Waals surface area contributed by atoms with Gasteiger partial charge in [-0.25, -0.2) is 4.39 Å². The molecule has 0 aliphatic rings. The van der Waals surface area contributed by atoms with Crippen molar-refractivity contribution in [3.63, 3.8) is 0 Å². The number of ether oxygens (including phenoxy) is 1. The van der Waals surface area contributed by atoms with E-state index in [2.05, 4.69) is 0 Å². The highest BCUT2D eigenvalue weighted by atomic mass is 19.1. The number of amides is 1. The number of hydrogen-bond donors (Lipinski definition) is 0.